The predicted molar refractivity (Wildman–Crippen MR) is 97.1 cm³/mol. The number of rotatable bonds is 5. The van der Waals surface area contributed by atoms with Gasteiger partial charge in [-0.25, -0.2) is 27.3 Å². The fourth-order valence-electron chi connectivity index (χ4n) is 2.81. The molecule has 0 bridgehead atoms. The standard InChI is InChI=1S/C18H22F4N4O2/c1-23-16(24-2)25-9-14-7-8-26(11-18(14,21)22)17(27)28-10-12-3-5-13(6-4-12)15(19)20/h3-6,14-15H,1,7-11H2,2H3,(H,24,25). The van der Waals surface area contributed by atoms with Gasteiger partial charge in [-0.15, -0.1) is 0 Å². The highest BCUT2D eigenvalue weighted by atomic mass is 19.3. The molecule has 0 aromatic heterocycles. The van der Waals surface area contributed by atoms with Gasteiger partial charge in [0.25, 0.3) is 12.3 Å². The quantitative estimate of drug-likeness (QED) is 0.466. The molecule has 1 fully saturated rings. The first kappa shape index (κ1) is 21.6. The van der Waals surface area contributed by atoms with Crippen LogP contribution in [0.25, 0.3) is 0 Å². The van der Waals surface area contributed by atoms with E-state index in [4.69, 9.17) is 4.74 Å². The molecular weight excluding hydrogens is 380 g/mol. The van der Waals surface area contributed by atoms with Gasteiger partial charge >= 0.3 is 6.09 Å². The van der Waals surface area contributed by atoms with E-state index in [0.717, 1.165) is 4.90 Å². The van der Waals surface area contributed by atoms with Crippen LogP contribution in [-0.4, -0.2) is 56.3 Å². The Morgan fingerprint density at radius 2 is 2.07 bits per heavy atom. The second kappa shape index (κ2) is 9.52. The van der Waals surface area contributed by atoms with E-state index in [-0.39, 0.29) is 37.6 Å². The molecule has 0 saturated carbocycles. The van der Waals surface area contributed by atoms with Crippen molar-refractivity contribution in [3.05, 3.63) is 35.4 Å². The van der Waals surface area contributed by atoms with Crippen molar-refractivity contribution in [1.82, 2.24) is 10.2 Å². The predicted octanol–water partition coefficient (Wildman–Crippen LogP) is 3.49. The zero-order valence-corrected chi connectivity index (χ0v) is 15.4. The van der Waals surface area contributed by atoms with Crippen LogP contribution in [0, 0.1) is 5.92 Å². The molecule has 154 valence electrons. The van der Waals surface area contributed by atoms with E-state index in [1.165, 1.54) is 31.3 Å². The first-order chi connectivity index (χ1) is 13.3. The lowest BCUT2D eigenvalue weighted by atomic mass is 9.93. The molecule has 1 unspecified atom stereocenters. The molecule has 10 heteroatoms. The van der Waals surface area contributed by atoms with Gasteiger partial charge in [-0.1, -0.05) is 24.3 Å². The van der Waals surface area contributed by atoms with E-state index in [2.05, 4.69) is 22.0 Å². The maximum absolute atomic E-state index is 14.4. The van der Waals surface area contributed by atoms with Crippen LogP contribution >= 0.6 is 0 Å². The summed E-state index contributed by atoms with van der Waals surface area (Å²) in [4.78, 5) is 20.4. The fraction of sp³-hybridized carbons (Fsp3) is 0.500. The minimum Gasteiger partial charge on any atom is -0.445 e. The van der Waals surface area contributed by atoms with E-state index in [1.807, 2.05) is 0 Å². The van der Waals surface area contributed by atoms with Crippen molar-refractivity contribution in [2.75, 3.05) is 26.7 Å². The fourth-order valence-corrected chi connectivity index (χ4v) is 2.81. The summed E-state index contributed by atoms with van der Waals surface area (Å²) in [6.07, 6.45) is -3.38. The Labute approximate surface area is 160 Å². The smallest absolute Gasteiger partial charge is 0.410 e. The highest BCUT2D eigenvalue weighted by molar-refractivity contribution is 5.83. The summed E-state index contributed by atoms with van der Waals surface area (Å²) >= 11 is 0. The number of halogens is 4. The molecule has 0 radical (unpaired) electrons. The Morgan fingerprint density at radius 3 is 2.61 bits per heavy atom. The topological polar surface area (TPSA) is 66.3 Å². The third-order valence-corrected chi connectivity index (χ3v) is 4.47. The largest absolute Gasteiger partial charge is 0.445 e. The molecule has 6 nitrogen and oxygen atoms in total. The van der Waals surface area contributed by atoms with Crippen LogP contribution < -0.4 is 5.32 Å². The highest BCUT2D eigenvalue weighted by Crippen LogP contribution is 2.33. The average molecular weight is 402 g/mol. The first-order valence-corrected chi connectivity index (χ1v) is 8.60. The molecule has 1 aliphatic heterocycles. The second-order valence-corrected chi connectivity index (χ2v) is 6.35. The lowest BCUT2D eigenvalue weighted by Crippen LogP contribution is -2.53. The highest BCUT2D eigenvalue weighted by Gasteiger charge is 2.46. The molecule has 2 rings (SSSR count). The summed E-state index contributed by atoms with van der Waals surface area (Å²) in [5.74, 6) is -3.92. The van der Waals surface area contributed by atoms with Gasteiger partial charge in [-0.2, -0.15) is 0 Å². The van der Waals surface area contributed by atoms with Crippen LogP contribution in [0.1, 0.15) is 24.0 Å². The Kier molecular flexibility index (Phi) is 7.36. The van der Waals surface area contributed by atoms with Gasteiger partial charge in [0, 0.05) is 31.6 Å². The van der Waals surface area contributed by atoms with Gasteiger partial charge in [0.05, 0.1) is 6.54 Å². The molecule has 28 heavy (non-hydrogen) atoms. The van der Waals surface area contributed by atoms with Crippen LogP contribution in [0.5, 0.6) is 0 Å². The van der Waals surface area contributed by atoms with E-state index in [1.54, 1.807) is 0 Å². The van der Waals surface area contributed by atoms with Crippen LogP contribution in [-0.2, 0) is 11.3 Å². The van der Waals surface area contributed by atoms with E-state index >= 15 is 0 Å². The van der Waals surface area contributed by atoms with Crippen molar-refractivity contribution in [1.29, 1.82) is 0 Å². The number of hydrogen-bond acceptors (Lipinski definition) is 3. The van der Waals surface area contributed by atoms with Crippen molar-refractivity contribution in [3.63, 3.8) is 0 Å². The van der Waals surface area contributed by atoms with E-state index in [0.29, 0.717) is 5.56 Å². The molecule has 0 aliphatic carbocycles. The summed E-state index contributed by atoms with van der Waals surface area (Å²) in [7, 11) is 1.47. The Hall–Kier alpha value is -2.65. The number of carbonyl (C=O) groups is 1. The van der Waals surface area contributed by atoms with Crippen molar-refractivity contribution in [3.8, 4) is 0 Å². The summed E-state index contributed by atoms with van der Waals surface area (Å²) in [6, 6.07) is 5.27. The maximum atomic E-state index is 14.4. The molecule has 1 aliphatic rings. The minimum absolute atomic E-state index is 0.0436. The second-order valence-electron chi connectivity index (χ2n) is 6.35. The SMILES string of the molecule is C=NC(=NC)NCC1CCN(C(=O)OCc2ccc(C(F)F)cc2)CC1(F)F. The number of amides is 1. The number of benzene rings is 1. The molecule has 1 atom stereocenters. The van der Waals surface area contributed by atoms with Gasteiger partial charge in [0.1, 0.15) is 6.61 Å². The Bertz CT molecular complexity index is 710. The first-order valence-electron chi connectivity index (χ1n) is 8.60. The lowest BCUT2D eigenvalue weighted by Gasteiger charge is -2.37. The number of carbonyl (C=O) groups excluding carboxylic acids is 1. The molecule has 1 aromatic carbocycles. The summed E-state index contributed by atoms with van der Waals surface area (Å²) in [5, 5.41) is 2.70. The molecule has 1 amide bonds. The molecule has 0 spiro atoms. The molecule has 1 saturated heterocycles. The van der Waals surface area contributed by atoms with Crippen molar-refractivity contribution in [2.45, 2.75) is 25.4 Å². The number of ether oxygens (including phenoxy) is 1. The van der Waals surface area contributed by atoms with Gasteiger partial charge in [-0.05, 0) is 18.7 Å². The summed E-state index contributed by atoms with van der Waals surface area (Å²) in [5.41, 5.74) is 0.347. The lowest BCUT2D eigenvalue weighted by molar-refractivity contribution is -0.104. The monoisotopic (exact) mass is 402 g/mol. The van der Waals surface area contributed by atoms with Crippen LogP contribution in [0.2, 0.25) is 0 Å². The molecule has 1 heterocycles. The van der Waals surface area contributed by atoms with Crippen molar-refractivity contribution >= 4 is 18.8 Å². The molecule has 1 N–H and O–H groups in total. The third kappa shape index (κ3) is 5.67. The summed E-state index contributed by atoms with van der Waals surface area (Å²) < 4.78 is 58.8. The molecular formula is C18H22F4N4O2. The number of guanidine groups is 1. The van der Waals surface area contributed by atoms with E-state index < -0.39 is 30.9 Å². The van der Waals surface area contributed by atoms with Gasteiger partial charge in [-0.3, -0.25) is 4.99 Å². The van der Waals surface area contributed by atoms with E-state index in [9.17, 15) is 22.4 Å². The number of nitrogens with zero attached hydrogens (tertiary/aromatic N) is 3. The number of aliphatic imine (C=N–C) groups is 2. The van der Waals surface area contributed by atoms with Gasteiger partial charge in [0.15, 0.2) is 0 Å². The minimum atomic E-state index is -3.11. The number of nitrogens with one attached hydrogen (secondary N) is 1. The zero-order chi connectivity index (χ0) is 20.7. The van der Waals surface area contributed by atoms with Crippen LogP contribution in [0.4, 0.5) is 22.4 Å². The summed E-state index contributed by atoms with van der Waals surface area (Å²) in [6.45, 7) is 2.42. The number of piperidine rings is 1. The van der Waals surface area contributed by atoms with Crippen molar-refractivity contribution < 1.29 is 27.1 Å². The van der Waals surface area contributed by atoms with Crippen LogP contribution in [0.3, 0.4) is 0 Å². The molecule has 1 aromatic rings. The number of hydrogen-bond donors (Lipinski definition) is 1. The van der Waals surface area contributed by atoms with Gasteiger partial charge in [0.2, 0.25) is 5.96 Å². The van der Waals surface area contributed by atoms with Gasteiger partial charge < -0.3 is 15.0 Å². The average Bonchev–Trinajstić information content (AvgIpc) is 2.67. The Balaban J connectivity index is 1.86. The maximum Gasteiger partial charge on any atom is 0.410 e. The van der Waals surface area contributed by atoms with Crippen molar-refractivity contribution in [2.24, 2.45) is 15.9 Å². The van der Waals surface area contributed by atoms with Crippen LogP contribution in [0.15, 0.2) is 34.3 Å². The number of alkyl halides is 4. The number of likely N-dealkylation sites (tertiary alicyclic amines) is 1. The Morgan fingerprint density at radius 1 is 1.39 bits per heavy atom. The third-order valence-electron chi connectivity index (χ3n) is 4.47. The normalized spacial score (nSPS) is 19.4. The zero-order valence-electron chi connectivity index (χ0n) is 15.4.